The van der Waals surface area contributed by atoms with E-state index in [4.69, 9.17) is 5.73 Å². The van der Waals surface area contributed by atoms with Crippen LogP contribution >= 0.6 is 24.8 Å². The minimum atomic E-state index is -0.192. The van der Waals surface area contributed by atoms with Crippen LogP contribution in [0.15, 0.2) is 24.3 Å². The first kappa shape index (κ1) is 24.9. The Kier molecular flexibility index (Phi) is 9.41. The van der Waals surface area contributed by atoms with Gasteiger partial charge in [0.05, 0.1) is 12.0 Å². The fraction of sp³-hybridized carbons (Fsp3) is 0.636. The molecule has 1 aromatic rings. The van der Waals surface area contributed by atoms with Crippen LogP contribution in [0.1, 0.15) is 50.5 Å². The highest BCUT2D eigenvalue weighted by molar-refractivity contribution is 5.95. The fourth-order valence-corrected chi connectivity index (χ4v) is 5.13. The van der Waals surface area contributed by atoms with Crippen LogP contribution in [-0.2, 0) is 16.1 Å². The largest absolute Gasteiger partial charge is 0.369 e. The standard InChI is InChI=1S/C22H32N4O2.2ClH/c23-21(27)17-5-3-11-26(14-17)13-15-7-9-18(10-8-15)24-22(28)20-12-16-4-1-2-6-19(16)25-20;;/h7-10,16-17,19-20,25H,1-6,11-14H2,(H2,23,27)(H,24,28);2*1H. The summed E-state index contributed by atoms with van der Waals surface area (Å²) in [4.78, 5) is 26.4. The lowest BCUT2D eigenvalue weighted by Gasteiger charge is -2.31. The minimum absolute atomic E-state index is 0. The van der Waals surface area contributed by atoms with E-state index in [1.54, 1.807) is 0 Å². The number of hydrogen-bond acceptors (Lipinski definition) is 4. The van der Waals surface area contributed by atoms with E-state index >= 15 is 0 Å². The van der Waals surface area contributed by atoms with Crippen LogP contribution in [0.2, 0.25) is 0 Å². The SMILES string of the molecule is Cl.Cl.NC(=O)C1CCCN(Cc2ccc(NC(=O)C3CC4CCCCC4N3)cc2)C1. The van der Waals surface area contributed by atoms with Crippen LogP contribution in [-0.4, -0.2) is 41.9 Å². The maximum Gasteiger partial charge on any atom is 0.241 e. The Hall–Kier alpha value is -1.34. The van der Waals surface area contributed by atoms with E-state index < -0.39 is 0 Å². The molecule has 0 spiro atoms. The Balaban J connectivity index is 0.00000160. The molecule has 4 unspecified atom stereocenters. The first-order valence-corrected chi connectivity index (χ1v) is 10.8. The third kappa shape index (κ3) is 6.10. The summed E-state index contributed by atoms with van der Waals surface area (Å²) in [5, 5.41) is 6.61. The Labute approximate surface area is 191 Å². The highest BCUT2D eigenvalue weighted by Gasteiger charge is 2.38. The maximum atomic E-state index is 12.6. The summed E-state index contributed by atoms with van der Waals surface area (Å²) >= 11 is 0. The van der Waals surface area contributed by atoms with Crippen LogP contribution in [0.25, 0.3) is 0 Å². The van der Waals surface area contributed by atoms with E-state index in [1.807, 2.05) is 12.1 Å². The average molecular weight is 457 g/mol. The molecule has 1 aromatic carbocycles. The number of anilines is 1. The zero-order valence-corrected chi connectivity index (χ0v) is 19.0. The van der Waals surface area contributed by atoms with E-state index in [2.05, 4.69) is 27.7 Å². The number of halogens is 2. The van der Waals surface area contributed by atoms with Gasteiger partial charge in [0, 0.05) is 24.8 Å². The molecule has 1 aliphatic carbocycles. The normalized spacial score (nSPS) is 28.5. The Morgan fingerprint density at radius 1 is 1.07 bits per heavy atom. The number of nitrogens with two attached hydrogens (primary N) is 1. The number of fused-ring (bicyclic) bond motifs is 1. The van der Waals surface area contributed by atoms with Gasteiger partial charge in [-0.15, -0.1) is 24.8 Å². The van der Waals surface area contributed by atoms with E-state index in [0.717, 1.165) is 44.6 Å². The van der Waals surface area contributed by atoms with Gasteiger partial charge in [0.25, 0.3) is 0 Å². The first-order chi connectivity index (χ1) is 13.6. The predicted molar refractivity (Wildman–Crippen MR) is 124 cm³/mol. The molecule has 6 nitrogen and oxygen atoms in total. The number of primary amides is 1. The molecule has 4 N–H and O–H groups in total. The summed E-state index contributed by atoms with van der Waals surface area (Å²) in [6.07, 6.45) is 7.91. The average Bonchev–Trinajstić information content (AvgIpc) is 3.14. The molecule has 4 rings (SSSR count). The number of amides is 2. The molecule has 3 aliphatic rings. The number of hydrogen-bond donors (Lipinski definition) is 3. The van der Waals surface area contributed by atoms with Crippen molar-refractivity contribution in [2.45, 2.75) is 63.6 Å². The van der Waals surface area contributed by atoms with E-state index in [9.17, 15) is 9.59 Å². The second-order valence-electron chi connectivity index (χ2n) is 8.77. The molecule has 0 aromatic heterocycles. The molecule has 8 heteroatoms. The maximum absolute atomic E-state index is 12.6. The van der Waals surface area contributed by atoms with Crippen molar-refractivity contribution in [3.63, 3.8) is 0 Å². The van der Waals surface area contributed by atoms with Gasteiger partial charge in [-0.3, -0.25) is 14.5 Å². The van der Waals surface area contributed by atoms with E-state index in [1.165, 1.54) is 31.2 Å². The second-order valence-corrected chi connectivity index (χ2v) is 8.77. The molecular weight excluding hydrogens is 423 g/mol. The summed E-state index contributed by atoms with van der Waals surface area (Å²) in [5.41, 5.74) is 7.50. The molecule has 2 heterocycles. The van der Waals surface area contributed by atoms with Crippen molar-refractivity contribution in [3.05, 3.63) is 29.8 Å². The molecule has 30 heavy (non-hydrogen) atoms. The summed E-state index contributed by atoms with van der Waals surface area (Å²) in [5.74, 6) is 0.529. The summed E-state index contributed by atoms with van der Waals surface area (Å²) < 4.78 is 0. The van der Waals surface area contributed by atoms with Crippen molar-refractivity contribution in [1.29, 1.82) is 0 Å². The molecule has 168 valence electrons. The number of rotatable bonds is 5. The zero-order valence-electron chi connectivity index (χ0n) is 17.3. The third-order valence-corrected chi connectivity index (χ3v) is 6.71. The molecular formula is C22H34Cl2N4O2. The number of piperidine rings is 1. The Morgan fingerprint density at radius 2 is 1.80 bits per heavy atom. The van der Waals surface area contributed by atoms with Gasteiger partial charge in [0.1, 0.15) is 0 Å². The van der Waals surface area contributed by atoms with Crippen LogP contribution in [0.5, 0.6) is 0 Å². The fourth-order valence-electron chi connectivity index (χ4n) is 5.13. The van der Waals surface area contributed by atoms with Crippen molar-refractivity contribution >= 4 is 42.3 Å². The lowest BCUT2D eigenvalue weighted by molar-refractivity contribution is -0.123. The molecule has 0 bridgehead atoms. The lowest BCUT2D eigenvalue weighted by Crippen LogP contribution is -2.40. The highest BCUT2D eigenvalue weighted by atomic mass is 35.5. The van der Waals surface area contributed by atoms with Crippen molar-refractivity contribution < 1.29 is 9.59 Å². The lowest BCUT2D eigenvalue weighted by atomic mass is 9.85. The molecule has 2 saturated heterocycles. The number of benzene rings is 1. The van der Waals surface area contributed by atoms with Crippen LogP contribution in [0, 0.1) is 11.8 Å². The topological polar surface area (TPSA) is 87.5 Å². The van der Waals surface area contributed by atoms with Crippen molar-refractivity contribution in [2.24, 2.45) is 17.6 Å². The number of nitrogens with zero attached hydrogens (tertiary/aromatic N) is 1. The van der Waals surface area contributed by atoms with Gasteiger partial charge >= 0.3 is 0 Å². The first-order valence-electron chi connectivity index (χ1n) is 10.8. The number of nitrogens with one attached hydrogen (secondary N) is 2. The summed E-state index contributed by atoms with van der Waals surface area (Å²) in [6.45, 7) is 2.55. The summed E-state index contributed by atoms with van der Waals surface area (Å²) in [6, 6.07) is 8.54. The van der Waals surface area contributed by atoms with Crippen molar-refractivity contribution in [1.82, 2.24) is 10.2 Å². The van der Waals surface area contributed by atoms with Crippen LogP contribution in [0.4, 0.5) is 5.69 Å². The van der Waals surface area contributed by atoms with E-state index in [0.29, 0.717) is 12.0 Å². The number of carbonyl (C=O) groups is 2. The molecule has 0 radical (unpaired) electrons. The van der Waals surface area contributed by atoms with Gasteiger partial charge in [-0.05, 0) is 62.3 Å². The van der Waals surface area contributed by atoms with Gasteiger partial charge in [0.15, 0.2) is 0 Å². The highest BCUT2D eigenvalue weighted by Crippen LogP contribution is 2.33. The van der Waals surface area contributed by atoms with Crippen molar-refractivity contribution in [3.8, 4) is 0 Å². The smallest absolute Gasteiger partial charge is 0.241 e. The van der Waals surface area contributed by atoms with Crippen molar-refractivity contribution in [2.75, 3.05) is 18.4 Å². The zero-order chi connectivity index (χ0) is 19.5. The second kappa shape index (κ2) is 11.3. The van der Waals surface area contributed by atoms with Crippen LogP contribution < -0.4 is 16.4 Å². The third-order valence-electron chi connectivity index (χ3n) is 6.71. The van der Waals surface area contributed by atoms with Gasteiger partial charge < -0.3 is 16.4 Å². The van der Waals surface area contributed by atoms with Gasteiger partial charge in [-0.1, -0.05) is 25.0 Å². The molecule has 2 amide bonds. The quantitative estimate of drug-likeness (QED) is 0.634. The molecule has 1 saturated carbocycles. The number of carbonyl (C=O) groups excluding carboxylic acids is 2. The van der Waals surface area contributed by atoms with Crippen LogP contribution in [0.3, 0.4) is 0 Å². The molecule has 2 aliphatic heterocycles. The van der Waals surface area contributed by atoms with Gasteiger partial charge in [0.2, 0.25) is 11.8 Å². The van der Waals surface area contributed by atoms with E-state index in [-0.39, 0.29) is 48.6 Å². The monoisotopic (exact) mass is 456 g/mol. The Bertz CT molecular complexity index is 702. The van der Waals surface area contributed by atoms with Gasteiger partial charge in [-0.25, -0.2) is 0 Å². The Morgan fingerprint density at radius 3 is 2.50 bits per heavy atom. The minimum Gasteiger partial charge on any atom is -0.369 e. The molecule has 3 fully saturated rings. The summed E-state index contributed by atoms with van der Waals surface area (Å²) in [7, 11) is 0. The van der Waals surface area contributed by atoms with Gasteiger partial charge in [-0.2, -0.15) is 0 Å². The molecule has 4 atom stereocenters. The predicted octanol–water partition coefficient (Wildman–Crippen LogP) is 3.09. The number of likely N-dealkylation sites (tertiary alicyclic amines) is 1.